The first kappa shape index (κ1) is 12.4. The molecule has 2 heteroatoms. The van der Waals surface area contributed by atoms with E-state index in [4.69, 9.17) is 0 Å². The molecule has 0 amide bonds. The molecule has 0 aliphatic carbocycles. The van der Waals surface area contributed by atoms with Crippen LogP contribution >= 0.6 is 0 Å². The van der Waals surface area contributed by atoms with Crippen molar-refractivity contribution in [3.8, 4) is 0 Å². The topological polar surface area (TPSA) is 15.3 Å². The molecule has 2 heterocycles. The van der Waals surface area contributed by atoms with Gasteiger partial charge in [0.15, 0.2) is 0 Å². The molecule has 2 rings (SSSR count). The van der Waals surface area contributed by atoms with Crippen LogP contribution in [0.5, 0.6) is 0 Å². The molecule has 0 aromatic carbocycles. The van der Waals surface area contributed by atoms with Gasteiger partial charge in [-0.3, -0.25) is 0 Å². The Kier molecular flexibility index (Phi) is 4.66. The van der Waals surface area contributed by atoms with Crippen molar-refractivity contribution in [3.63, 3.8) is 0 Å². The van der Waals surface area contributed by atoms with Crippen molar-refractivity contribution in [2.45, 2.75) is 51.9 Å². The van der Waals surface area contributed by atoms with E-state index in [-0.39, 0.29) is 0 Å². The highest BCUT2D eigenvalue weighted by molar-refractivity contribution is 4.87. The molecule has 0 bridgehead atoms. The van der Waals surface area contributed by atoms with Gasteiger partial charge in [-0.25, -0.2) is 0 Å². The third-order valence-corrected chi connectivity index (χ3v) is 4.45. The lowest BCUT2D eigenvalue weighted by molar-refractivity contribution is 0.0884. The molecule has 2 fully saturated rings. The fraction of sp³-hybridized carbons (Fsp3) is 1.00. The average molecular weight is 224 g/mol. The van der Waals surface area contributed by atoms with Gasteiger partial charge in [0.25, 0.3) is 0 Å². The van der Waals surface area contributed by atoms with E-state index >= 15 is 0 Å². The summed E-state index contributed by atoms with van der Waals surface area (Å²) in [6.07, 6.45) is 9.91. The standard InChI is InChI=1S/C14H28N2/c1-2-6-14(7-9-15-10-8-14)13-16-11-4-3-5-12-16/h15H,2-13H2,1H3. The van der Waals surface area contributed by atoms with Crippen LogP contribution in [0.25, 0.3) is 0 Å². The van der Waals surface area contributed by atoms with E-state index in [0.717, 1.165) is 0 Å². The molecule has 16 heavy (non-hydrogen) atoms. The third kappa shape index (κ3) is 3.21. The van der Waals surface area contributed by atoms with Crippen molar-refractivity contribution in [1.82, 2.24) is 10.2 Å². The maximum atomic E-state index is 3.52. The molecule has 2 nitrogen and oxygen atoms in total. The molecule has 0 spiro atoms. The van der Waals surface area contributed by atoms with Gasteiger partial charge in [0, 0.05) is 6.54 Å². The van der Waals surface area contributed by atoms with E-state index in [2.05, 4.69) is 17.1 Å². The van der Waals surface area contributed by atoms with Crippen molar-refractivity contribution < 1.29 is 0 Å². The van der Waals surface area contributed by atoms with Gasteiger partial charge in [-0.15, -0.1) is 0 Å². The number of likely N-dealkylation sites (tertiary alicyclic amines) is 1. The van der Waals surface area contributed by atoms with Crippen molar-refractivity contribution in [1.29, 1.82) is 0 Å². The minimum atomic E-state index is 0.650. The van der Waals surface area contributed by atoms with E-state index in [1.807, 2.05) is 0 Å². The van der Waals surface area contributed by atoms with E-state index in [1.165, 1.54) is 77.7 Å². The molecule has 2 aliphatic heterocycles. The molecule has 0 radical (unpaired) electrons. The Balaban J connectivity index is 1.89. The second kappa shape index (κ2) is 6.02. The molecule has 1 N–H and O–H groups in total. The molecule has 94 valence electrons. The summed E-state index contributed by atoms with van der Waals surface area (Å²) in [5.41, 5.74) is 0.650. The lowest BCUT2D eigenvalue weighted by Gasteiger charge is -2.42. The quantitative estimate of drug-likeness (QED) is 0.790. The van der Waals surface area contributed by atoms with Crippen molar-refractivity contribution >= 4 is 0 Å². The molecule has 2 saturated heterocycles. The van der Waals surface area contributed by atoms with Gasteiger partial charge in [0.05, 0.1) is 0 Å². The summed E-state index contributed by atoms with van der Waals surface area (Å²) in [6, 6.07) is 0. The van der Waals surface area contributed by atoms with Crippen LogP contribution in [-0.4, -0.2) is 37.6 Å². The Morgan fingerprint density at radius 3 is 2.38 bits per heavy atom. The first-order chi connectivity index (χ1) is 7.85. The van der Waals surface area contributed by atoms with Crippen molar-refractivity contribution in [3.05, 3.63) is 0 Å². The zero-order chi connectivity index (χ0) is 11.3. The Morgan fingerprint density at radius 2 is 1.75 bits per heavy atom. The SMILES string of the molecule is CCCC1(CN2CCCCC2)CCNCC1. The normalized spacial score (nSPS) is 26.8. The monoisotopic (exact) mass is 224 g/mol. The Morgan fingerprint density at radius 1 is 1.06 bits per heavy atom. The van der Waals surface area contributed by atoms with Gasteiger partial charge < -0.3 is 10.2 Å². The lowest BCUT2D eigenvalue weighted by atomic mass is 9.74. The summed E-state index contributed by atoms with van der Waals surface area (Å²) in [5, 5.41) is 3.52. The molecule has 0 aromatic rings. The van der Waals surface area contributed by atoms with Crippen LogP contribution in [0.1, 0.15) is 51.9 Å². The number of nitrogens with zero attached hydrogens (tertiary/aromatic N) is 1. The summed E-state index contributed by atoms with van der Waals surface area (Å²) < 4.78 is 0. The average Bonchev–Trinajstić information content (AvgIpc) is 2.31. The summed E-state index contributed by atoms with van der Waals surface area (Å²) in [7, 11) is 0. The molecule has 2 aliphatic rings. The van der Waals surface area contributed by atoms with Crippen LogP contribution in [0.2, 0.25) is 0 Å². The van der Waals surface area contributed by atoms with E-state index in [0.29, 0.717) is 5.41 Å². The van der Waals surface area contributed by atoms with Crippen LogP contribution in [0.3, 0.4) is 0 Å². The predicted molar refractivity (Wildman–Crippen MR) is 69.7 cm³/mol. The summed E-state index contributed by atoms with van der Waals surface area (Å²) >= 11 is 0. The second-order valence-corrected chi connectivity index (χ2v) is 5.84. The number of piperidine rings is 2. The first-order valence-electron chi connectivity index (χ1n) is 7.28. The van der Waals surface area contributed by atoms with Crippen molar-refractivity contribution in [2.75, 3.05) is 32.7 Å². The molecular formula is C14H28N2. The minimum Gasteiger partial charge on any atom is -0.317 e. The summed E-state index contributed by atoms with van der Waals surface area (Å²) in [4.78, 5) is 2.74. The Bertz CT molecular complexity index is 185. The Hall–Kier alpha value is -0.0800. The highest BCUT2D eigenvalue weighted by atomic mass is 15.1. The number of hydrogen-bond donors (Lipinski definition) is 1. The van der Waals surface area contributed by atoms with Crippen LogP contribution in [-0.2, 0) is 0 Å². The van der Waals surface area contributed by atoms with Gasteiger partial charge in [0.2, 0.25) is 0 Å². The summed E-state index contributed by atoms with van der Waals surface area (Å²) in [5.74, 6) is 0. The summed E-state index contributed by atoms with van der Waals surface area (Å²) in [6.45, 7) is 8.93. The second-order valence-electron chi connectivity index (χ2n) is 5.84. The predicted octanol–water partition coefficient (Wildman–Crippen LogP) is 2.64. The maximum absolute atomic E-state index is 3.52. The van der Waals surface area contributed by atoms with Crippen LogP contribution in [0, 0.1) is 5.41 Å². The van der Waals surface area contributed by atoms with Gasteiger partial charge in [-0.05, 0) is 63.7 Å². The van der Waals surface area contributed by atoms with Crippen LogP contribution < -0.4 is 5.32 Å². The third-order valence-electron chi connectivity index (χ3n) is 4.45. The molecule has 0 unspecified atom stereocenters. The molecule has 0 saturated carbocycles. The number of rotatable bonds is 4. The Labute approximate surface area is 101 Å². The highest BCUT2D eigenvalue weighted by Gasteiger charge is 2.33. The largest absolute Gasteiger partial charge is 0.317 e. The van der Waals surface area contributed by atoms with Gasteiger partial charge >= 0.3 is 0 Å². The smallest absolute Gasteiger partial charge is 0.00389 e. The van der Waals surface area contributed by atoms with Gasteiger partial charge in [-0.2, -0.15) is 0 Å². The molecule has 0 aromatic heterocycles. The van der Waals surface area contributed by atoms with E-state index in [9.17, 15) is 0 Å². The highest BCUT2D eigenvalue weighted by Crippen LogP contribution is 2.35. The fourth-order valence-electron chi connectivity index (χ4n) is 3.57. The zero-order valence-corrected chi connectivity index (χ0v) is 10.9. The zero-order valence-electron chi connectivity index (χ0n) is 10.9. The van der Waals surface area contributed by atoms with Gasteiger partial charge in [0.1, 0.15) is 0 Å². The van der Waals surface area contributed by atoms with Crippen molar-refractivity contribution in [2.24, 2.45) is 5.41 Å². The first-order valence-corrected chi connectivity index (χ1v) is 7.28. The lowest BCUT2D eigenvalue weighted by Crippen LogP contribution is -2.46. The maximum Gasteiger partial charge on any atom is 0.00389 e. The number of hydrogen-bond acceptors (Lipinski definition) is 2. The minimum absolute atomic E-state index is 0.650. The number of nitrogens with one attached hydrogen (secondary N) is 1. The van der Waals surface area contributed by atoms with Crippen LogP contribution in [0.4, 0.5) is 0 Å². The fourth-order valence-corrected chi connectivity index (χ4v) is 3.57. The van der Waals surface area contributed by atoms with Gasteiger partial charge in [-0.1, -0.05) is 19.8 Å². The van der Waals surface area contributed by atoms with E-state index < -0.39 is 0 Å². The van der Waals surface area contributed by atoms with E-state index in [1.54, 1.807) is 0 Å². The van der Waals surface area contributed by atoms with Crippen LogP contribution in [0.15, 0.2) is 0 Å². The molecular weight excluding hydrogens is 196 g/mol. The molecule has 0 atom stereocenters.